The number of esters is 1. The van der Waals surface area contributed by atoms with E-state index in [0.717, 1.165) is 5.56 Å². The van der Waals surface area contributed by atoms with Gasteiger partial charge >= 0.3 is 5.97 Å². The molecule has 0 fully saturated rings. The zero-order chi connectivity index (χ0) is 13.9. The lowest BCUT2D eigenvalue weighted by Crippen LogP contribution is -2.31. The number of phenolic OH excluding ortho intramolecular Hbond substituents is 1. The molecule has 1 heterocycles. The number of aryl methyl sites for hydroxylation is 1. The minimum Gasteiger partial charge on any atom is -0.504 e. The van der Waals surface area contributed by atoms with E-state index >= 15 is 0 Å². The Labute approximate surface area is 111 Å². The van der Waals surface area contributed by atoms with Crippen LogP contribution in [0, 0.1) is 0 Å². The van der Waals surface area contributed by atoms with Gasteiger partial charge in [-0.3, -0.25) is 0 Å². The number of hydrogen-bond donors (Lipinski definition) is 1. The molecule has 0 unspecified atom stereocenters. The van der Waals surface area contributed by atoms with Crippen LogP contribution in [0.1, 0.15) is 12.0 Å². The molecule has 0 saturated heterocycles. The lowest BCUT2D eigenvalue weighted by atomic mass is 10.0. The molecule has 0 aromatic heterocycles. The quantitative estimate of drug-likeness (QED) is 0.821. The molecule has 2 rings (SSSR count). The Kier molecular flexibility index (Phi) is 3.76. The second-order valence-electron chi connectivity index (χ2n) is 4.28. The average molecular weight is 264 g/mol. The van der Waals surface area contributed by atoms with Crippen LogP contribution in [-0.2, 0) is 20.7 Å². The fourth-order valence-corrected chi connectivity index (χ4v) is 1.98. The van der Waals surface area contributed by atoms with E-state index in [1.165, 1.54) is 20.3 Å². The number of hydrogen-bond acceptors (Lipinski definition) is 5. The van der Waals surface area contributed by atoms with Crippen molar-refractivity contribution < 1.29 is 24.1 Å². The Morgan fingerprint density at radius 2 is 2.16 bits per heavy atom. The average Bonchev–Trinajstić information content (AvgIpc) is 2.80. The van der Waals surface area contributed by atoms with Gasteiger partial charge in [-0.15, -0.1) is 0 Å². The molecule has 0 saturated carbocycles. The molecule has 0 radical (unpaired) electrons. The van der Waals surface area contributed by atoms with Crippen LogP contribution >= 0.6 is 0 Å². The summed E-state index contributed by atoms with van der Waals surface area (Å²) in [4.78, 5) is 11.1. The van der Waals surface area contributed by atoms with Gasteiger partial charge in [0.15, 0.2) is 11.5 Å². The molecule has 5 nitrogen and oxygen atoms in total. The Hall–Kier alpha value is -2.01. The second kappa shape index (κ2) is 5.32. The number of phenols is 1. The number of aromatic hydroxyl groups is 1. The van der Waals surface area contributed by atoms with Crippen LogP contribution in [0.15, 0.2) is 30.4 Å². The Morgan fingerprint density at radius 1 is 1.37 bits per heavy atom. The number of ether oxygens (including phenoxy) is 3. The fraction of sp³-hybridized carbons (Fsp3) is 0.357. The van der Waals surface area contributed by atoms with E-state index in [2.05, 4.69) is 0 Å². The molecule has 1 atom stereocenters. The van der Waals surface area contributed by atoms with Crippen molar-refractivity contribution in [2.45, 2.75) is 18.6 Å². The van der Waals surface area contributed by atoms with Crippen molar-refractivity contribution in [2.75, 3.05) is 14.2 Å². The Balaban J connectivity index is 2.06. The monoisotopic (exact) mass is 264 g/mol. The molecule has 0 amide bonds. The van der Waals surface area contributed by atoms with Crippen LogP contribution in [0.3, 0.4) is 0 Å². The number of carbonyl (C=O) groups excluding carboxylic acids is 1. The smallest absolute Gasteiger partial charge is 0.333 e. The highest BCUT2D eigenvalue weighted by Gasteiger charge is 2.35. The maximum atomic E-state index is 11.1. The Bertz CT molecular complexity index is 509. The van der Waals surface area contributed by atoms with E-state index in [-0.39, 0.29) is 5.75 Å². The third kappa shape index (κ3) is 2.88. The number of methoxy groups -OCH3 is 2. The topological polar surface area (TPSA) is 65.0 Å². The molecule has 19 heavy (non-hydrogen) atoms. The summed E-state index contributed by atoms with van der Waals surface area (Å²) in [6, 6.07) is 5.12. The predicted molar refractivity (Wildman–Crippen MR) is 68.0 cm³/mol. The summed E-state index contributed by atoms with van der Waals surface area (Å²) in [5, 5.41) is 9.52. The molecule has 5 heteroatoms. The van der Waals surface area contributed by atoms with Crippen molar-refractivity contribution in [1.29, 1.82) is 0 Å². The van der Waals surface area contributed by atoms with Crippen molar-refractivity contribution in [2.24, 2.45) is 0 Å². The van der Waals surface area contributed by atoms with E-state index in [0.29, 0.717) is 18.6 Å². The zero-order valence-electron chi connectivity index (χ0n) is 10.9. The summed E-state index contributed by atoms with van der Waals surface area (Å²) in [5.41, 5.74) is 0.961. The molecule has 0 bridgehead atoms. The molecule has 1 aromatic rings. The highest BCUT2D eigenvalue weighted by molar-refractivity contribution is 5.84. The molecule has 0 aliphatic carbocycles. The van der Waals surface area contributed by atoms with E-state index in [1.54, 1.807) is 24.3 Å². The first-order chi connectivity index (χ1) is 9.08. The zero-order valence-corrected chi connectivity index (χ0v) is 10.9. The van der Waals surface area contributed by atoms with Gasteiger partial charge in [0.1, 0.15) is 0 Å². The molecule has 1 aliphatic heterocycles. The molecular formula is C14H16O5. The van der Waals surface area contributed by atoms with Crippen LogP contribution in [0.25, 0.3) is 0 Å². The standard InChI is InChI=1S/C14H16O5/c1-17-12-9-10(3-4-11(12)15)5-7-14(18-2)8-6-13(16)19-14/h3-4,6,8-9,15H,5,7H2,1-2H3/t14-/m0/s1. The molecule has 0 spiro atoms. The fourth-order valence-electron chi connectivity index (χ4n) is 1.98. The first-order valence-electron chi connectivity index (χ1n) is 5.92. The lowest BCUT2D eigenvalue weighted by molar-refractivity contribution is -0.190. The first kappa shape index (κ1) is 13.4. The predicted octanol–water partition coefficient (Wildman–Crippen LogP) is 1.79. The molecule has 102 valence electrons. The maximum absolute atomic E-state index is 11.1. The molecule has 1 aromatic carbocycles. The summed E-state index contributed by atoms with van der Waals surface area (Å²) in [7, 11) is 3.00. The van der Waals surface area contributed by atoms with Crippen molar-refractivity contribution in [3.05, 3.63) is 35.9 Å². The van der Waals surface area contributed by atoms with E-state index in [4.69, 9.17) is 14.2 Å². The number of benzene rings is 1. The second-order valence-corrected chi connectivity index (χ2v) is 4.28. The van der Waals surface area contributed by atoms with Gasteiger partial charge in [0.25, 0.3) is 0 Å². The largest absolute Gasteiger partial charge is 0.504 e. The Morgan fingerprint density at radius 3 is 2.74 bits per heavy atom. The van der Waals surface area contributed by atoms with Gasteiger partial charge in [-0.2, -0.15) is 0 Å². The van der Waals surface area contributed by atoms with Gasteiger partial charge in [0.2, 0.25) is 5.79 Å². The minimum absolute atomic E-state index is 0.0971. The van der Waals surface area contributed by atoms with Crippen molar-refractivity contribution in [1.82, 2.24) is 0 Å². The number of cyclic esters (lactones) is 1. The third-order valence-corrected chi connectivity index (χ3v) is 3.10. The van der Waals surface area contributed by atoms with Crippen molar-refractivity contribution in [3.8, 4) is 11.5 Å². The first-order valence-corrected chi connectivity index (χ1v) is 5.92. The maximum Gasteiger partial charge on any atom is 0.333 e. The van der Waals surface area contributed by atoms with Crippen molar-refractivity contribution in [3.63, 3.8) is 0 Å². The van der Waals surface area contributed by atoms with E-state index in [9.17, 15) is 9.90 Å². The van der Waals surface area contributed by atoms with Crippen LogP contribution in [0.4, 0.5) is 0 Å². The minimum atomic E-state index is -0.984. The van der Waals surface area contributed by atoms with Gasteiger partial charge in [0, 0.05) is 19.6 Å². The normalized spacial score (nSPS) is 21.5. The van der Waals surface area contributed by atoms with E-state index < -0.39 is 11.8 Å². The van der Waals surface area contributed by atoms with E-state index in [1.807, 2.05) is 0 Å². The summed E-state index contributed by atoms with van der Waals surface area (Å²) in [6.07, 6.45) is 4.11. The van der Waals surface area contributed by atoms with Gasteiger partial charge < -0.3 is 19.3 Å². The lowest BCUT2D eigenvalue weighted by Gasteiger charge is -2.24. The highest BCUT2D eigenvalue weighted by Crippen LogP contribution is 2.30. The van der Waals surface area contributed by atoms with Crippen LogP contribution in [0.2, 0.25) is 0 Å². The number of carbonyl (C=O) groups is 1. The molecular weight excluding hydrogens is 248 g/mol. The molecule has 1 aliphatic rings. The van der Waals surface area contributed by atoms with Crippen LogP contribution < -0.4 is 4.74 Å². The van der Waals surface area contributed by atoms with Crippen LogP contribution in [-0.4, -0.2) is 31.1 Å². The van der Waals surface area contributed by atoms with Crippen molar-refractivity contribution >= 4 is 5.97 Å². The summed E-state index contributed by atoms with van der Waals surface area (Å²) >= 11 is 0. The van der Waals surface area contributed by atoms with Crippen LogP contribution in [0.5, 0.6) is 11.5 Å². The summed E-state index contributed by atoms with van der Waals surface area (Å²) in [6.45, 7) is 0. The van der Waals surface area contributed by atoms with Gasteiger partial charge in [-0.25, -0.2) is 4.79 Å². The third-order valence-electron chi connectivity index (χ3n) is 3.10. The molecule has 1 N–H and O–H groups in total. The summed E-state index contributed by atoms with van der Waals surface area (Å²) in [5.74, 6) is -0.865. The van der Waals surface area contributed by atoms with Gasteiger partial charge in [-0.1, -0.05) is 6.07 Å². The SMILES string of the molecule is COc1cc(CC[C@@]2(OC)C=CC(=O)O2)ccc1O. The summed E-state index contributed by atoms with van der Waals surface area (Å²) < 4.78 is 15.5. The highest BCUT2D eigenvalue weighted by atomic mass is 16.7. The van der Waals surface area contributed by atoms with Gasteiger partial charge in [-0.05, 0) is 30.2 Å². The number of rotatable bonds is 5. The van der Waals surface area contributed by atoms with Gasteiger partial charge in [0.05, 0.1) is 7.11 Å².